The standard InChI is InChI=1S/C19H13ClN4O4/c20-15-3-1-2-4-17(15)28-18-6-5-13(11-16(18)24(26)27)12-22-23-19(25)14-7-9-21-10-8-14/h1-12H,(H,23,25)/b22-12-. The first-order valence-corrected chi connectivity index (χ1v) is 8.36. The van der Waals surface area contributed by atoms with E-state index < -0.39 is 10.8 Å². The maximum Gasteiger partial charge on any atom is 0.312 e. The number of ether oxygens (including phenoxy) is 1. The zero-order valence-corrected chi connectivity index (χ0v) is 15.0. The number of rotatable bonds is 6. The van der Waals surface area contributed by atoms with Crippen LogP contribution in [0.4, 0.5) is 5.69 Å². The van der Waals surface area contributed by atoms with Crippen LogP contribution in [0.15, 0.2) is 72.1 Å². The molecule has 8 nitrogen and oxygen atoms in total. The van der Waals surface area contributed by atoms with Crippen molar-refractivity contribution in [2.24, 2.45) is 5.10 Å². The highest BCUT2D eigenvalue weighted by Crippen LogP contribution is 2.35. The first-order valence-electron chi connectivity index (χ1n) is 7.99. The van der Waals surface area contributed by atoms with Gasteiger partial charge in [0, 0.05) is 29.6 Å². The summed E-state index contributed by atoms with van der Waals surface area (Å²) in [5.74, 6) is -0.0822. The zero-order valence-electron chi connectivity index (χ0n) is 14.3. The van der Waals surface area contributed by atoms with Gasteiger partial charge in [-0.1, -0.05) is 23.7 Å². The Labute approximate surface area is 164 Å². The van der Waals surface area contributed by atoms with Gasteiger partial charge < -0.3 is 4.74 Å². The molecule has 0 saturated heterocycles. The lowest BCUT2D eigenvalue weighted by Gasteiger charge is -2.08. The average molecular weight is 397 g/mol. The molecule has 0 fully saturated rings. The molecule has 0 aliphatic heterocycles. The van der Waals surface area contributed by atoms with Crippen molar-refractivity contribution >= 4 is 29.4 Å². The van der Waals surface area contributed by atoms with E-state index in [9.17, 15) is 14.9 Å². The normalized spacial score (nSPS) is 10.6. The third-order valence-electron chi connectivity index (χ3n) is 3.56. The van der Waals surface area contributed by atoms with Crippen molar-refractivity contribution in [3.05, 3.63) is 93.3 Å². The lowest BCUT2D eigenvalue weighted by molar-refractivity contribution is -0.385. The Morgan fingerprint density at radius 2 is 1.89 bits per heavy atom. The number of hydrogen-bond donors (Lipinski definition) is 1. The summed E-state index contributed by atoms with van der Waals surface area (Å²) in [6.07, 6.45) is 4.27. The summed E-state index contributed by atoms with van der Waals surface area (Å²) in [5, 5.41) is 15.5. The number of nitro benzene ring substituents is 1. The molecular weight excluding hydrogens is 384 g/mol. The zero-order chi connectivity index (χ0) is 19.9. The van der Waals surface area contributed by atoms with Gasteiger partial charge in [0.15, 0.2) is 0 Å². The number of carbonyl (C=O) groups excluding carboxylic acids is 1. The Morgan fingerprint density at radius 3 is 2.61 bits per heavy atom. The highest BCUT2D eigenvalue weighted by atomic mass is 35.5. The van der Waals surface area contributed by atoms with Crippen LogP contribution in [0.1, 0.15) is 15.9 Å². The van der Waals surface area contributed by atoms with E-state index in [0.29, 0.717) is 21.9 Å². The summed E-state index contributed by atoms with van der Waals surface area (Å²) in [7, 11) is 0. The van der Waals surface area contributed by atoms with E-state index in [1.165, 1.54) is 42.9 Å². The lowest BCUT2D eigenvalue weighted by atomic mass is 10.2. The van der Waals surface area contributed by atoms with Gasteiger partial charge in [0.05, 0.1) is 16.2 Å². The molecule has 1 amide bonds. The van der Waals surface area contributed by atoms with Crippen LogP contribution in [0, 0.1) is 10.1 Å². The Balaban J connectivity index is 1.76. The second kappa shape index (κ2) is 8.74. The summed E-state index contributed by atoms with van der Waals surface area (Å²) in [6.45, 7) is 0. The van der Waals surface area contributed by atoms with Crippen molar-refractivity contribution in [2.45, 2.75) is 0 Å². The summed E-state index contributed by atoms with van der Waals surface area (Å²) in [6, 6.07) is 14.0. The Bertz CT molecular complexity index is 1040. The van der Waals surface area contributed by atoms with Gasteiger partial charge in [0.25, 0.3) is 5.91 Å². The van der Waals surface area contributed by atoms with Crippen molar-refractivity contribution in [1.29, 1.82) is 0 Å². The average Bonchev–Trinajstić information content (AvgIpc) is 2.71. The fraction of sp³-hybridized carbons (Fsp3) is 0. The molecule has 0 unspecified atom stereocenters. The van der Waals surface area contributed by atoms with Crippen LogP contribution in [0.5, 0.6) is 11.5 Å². The Kier molecular flexibility index (Phi) is 5.93. The first-order chi connectivity index (χ1) is 13.5. The summed E-state index contributed by atoms with van der Waals surface area (Å²) in [4.78, 5) is 26.5. The first kappa shape index (κ1) is 19.0. The highest BCUT2D eigenvalue weighted by molar-refractivity contribution is 6.32. The minimum atomic E-state index is -0.570. The van der Waals surface area contributed by atoms with Crippen LogP contribution in [0.25, 0.3) is 0 Å². The number of halogens is 1. The Morgan fingerprint density at radius 1 is 1.14 bits per heavy atom. The molecule has 0 atom stereocenters. The van der Waals surface area contributed by atoms with Gasteiger partial charge in [-0.2, -0.15) is 5.10 Å². The monoisotopic (exact) mass is 396 g/mol. The van der Waals surface area contributed by atoms with Gasteiger partial charge in [-0.05, 0) is 36.4 Å². The van der Waals surface area contributed by atoms with Crippen molar-refractivity contribution in [1.82, 2.24) is 10.4 Å². The van der Waals surface area contributed by atoms with E-state index >= 15 is 0 Å². The van der Waals surface area contributed by atoms with E-state index in [1.54, 1.807) is 30.3 Å². The molecule has 2 aromatic carbocycles. The van der Waals surface area contributed by atoms with Crippen LogP contribution in [0.3, 0.4) is 0 Å². The number of hydrogen-bond acceptors (Lipinski definition) is 6. The van der Waals surface area contributed by atoms with Crippen molar-refractivity contribution in [3.8, 4) is 11.5 Å². The summed E-state index contributed by atoms with van der Waals surface area (Å²) >= 11 is 6.03. The predicted octanol–water partition coefficient (Wildman–Crippen LogP) is 4.20. The number of nitrogens with one attached hydrogen (secondary N) is 1. The van der Waals surface area contributed by atoms with Crippen molar-refractivity contribution in [2.75, 3.05) is 0 Å². The lowest BCUT2D eigenvalue weighted by Crippen LogP contribution is -2.17. The molecule has 1 heterocycles. The minimum absolute atomic E-state index is 0.0380. The second-order valence-electron chi connectivity index (χ2n) is 5.45. The molecule has 0 aliphatic carbocycles. The molecule has 140 valence electrons. The third kappa shape index (κ3) is 4.68. The molecule has 1 aromatic heterocycles. The fourth-order valence-corrected chi connectivity index (χ4v) is 2.40. The van der Waals surface area contributed by atoms with E-state index in [0.717, 1.165) is 0 Å². The maximum atomic E-state index is 11.9. The number of nitrogens with zero attached hydrogens (tertiary/aromatic N) is 3. The highest BCUT2D eigenvalue weighted by Gasteiger charge is 2.17. The molecule has 3 rings (SSSR count). The number of amides is 1. The topological polar surface area (TPSA) is 107 Å². The molecule has 1 N–H and O–H groups in total. The van der Waals surface area contributed by atoms with Crippen LogP contribution in [-0.2, 0) is 0 Å². The molecule has 0 spiro atoms. The van der Waals surface area contributed by atoms with E-state index in [4.69, 9.17) is 16.3 Å². The van der Waals surface area contributed by atoms with Crippen LogP contribution < -0.4 is 10.2 Å². The molecule has 0 saturated carbocycles. The number of para-hydroxylation sites is 1. The van der Waals surface area contributed by atoms with Gasteiger partial charge in [0.2, 0.25) is 5.75 Å². The van der Waals surface area contributed by atoms with Crippen molar-refractivity contribution in [3.63, 3.8) is 0 Å². The van der Waals surface area contributed by atoms with Gasteiger partial charge in [-0.25, -0.2) is 5.43 Å². The number of pyridine rings is 1. The fourth-order valence-electron chi connectivity index (χ4n) is 2.22. The molecule has 0 radical (unpaired) electrons. The van der Waals surface area contributed by atoms with Gasteiger partial charge in [0.1, 0.15) is 5.75 Å². The Hall–Kier alpha value is -3.78. The van der Waals surface area contributed by atoms with E-state index in [1.807, 2.05) is 0 Å². The number of benzene rings is 2. The molecule has 0 aliphatic rings. The molecule has 28 heavy (non-hydrogen) atoms. The maximum absolute atomic E-state index is 11.9. The molecule has 3 aromatic rings. The third-order valence-corrected chi connectivity index (χ3v) is 3.87. The van der Waals surface area contributed by atoms with Crippen LogP contribution >= 0.6 is 11.6 Å². The summed E-state index contributed by atoms with van der Waals surface area (Å²) < 4.78 is 5.56. The van der Waals surface area contributed by atoms with E-state index in [2.05, 4.69) is 15.5 Å². The largest absolute Gasteiger partial charge is 0.449 e. The number of carbonyl (C=O) groups is 1. The van der Waals surface area contributed by atoms with Crippen LogP contribution in [0.2, 0.25) is 5.02 Å². The molecule has 0 bridgehead atoms. The smallest absolute Gasteiger partial charge is 0.312 e. The predicted molar refractivity (Wildman–Crippen MR) is 104 cm³/mol. The minimum Gasteiger partial charge on any atom is -0.449 e. The summed E-state index contributed by atoms with van der Waals surface area (Å²) in [5.41, 5.74) is 2.88. The van der Waals surface area contributed by atoms with Crippen molar-refractivity contribution < 1.29 is 14.5 Å². The quantitative estimate of drug-likeness (QED) is 0.381. The molecule has 9 heteroatoms. The van der Waals surface area contributed by atoms with Gasteiger partial charge in [-0.15, -0.1) is 0 Å². The van der Waals surface area contributed by atoms with E-state index in [-0.39, 0.29) is 11.4 Å². The number of hydrazone groups is 1. The SMILES string of the molecule is O=C(N/N=C\c1ccc(Oc2ccccc2Cl)c([N+](=O)[O-])c1)c1ccncc1. The second-order valence-corrected chi connectivity index (χ2v) is 5.86. The molecular formula is C19H13ClN4O4. The number of aromatic nitrogens is 1. The van der Waals surface area contributed by atoms with Gasteiger partial charge >= 0.3 is 5.69 Å². The van der Waals surface area contributed by atoms with Gasteiger partial charge in [-0.3, -0.25) is 19.9 Å². The van der Waals surface area contributed by atoms with Crippen LogP contribution in [-0.4, -0.2) is 22.0 Å². The number of nitro groups is 1.